The summed E-state index contributed by atoms with van der Waals surface area (Å²) in [5.74, 6) is 0.491. The van der Waals surface area contributed by atoms with E-state index >= 15 is 0 Å². The predicted octanol–water partition coefficient (Wildman–Crippen LogP) is 4.97. The van der Waals surface area contributed by atoms with Gasteiger partial charge in [0.05, 0.1) is 17.6 Å². The quantitative estimate of drug-likeness (QED) is 0.576. The number of para-hydroxylation sites is 2. The van der Waals surface area contributed by atoms with Crippen LogP contribution < -0.4 is 5.32 Å². The van der Waals surface area contributed by atoms with Crippen molar-refractivity contribution in [1.82, 2.24) is 9.55 Å². The van der Waals surface area contributed by atoms with Crippen molar-refractivity contribution in [2.45, 2.75) is 6.54 Å². The minimum atomic E-state index is -0.252. The molecule has 0 radical (unpaired) electrons. The number of hydrogen-bond acceptors (Lipinski definition) is 2. The number of aromatic nitrogens is 2. The van der Waals surface area contributed by atoms with Crippen molar-refractivity contribution in [2.24, 2.45) is 0 Å². The zero-order valence-corrected chi connectivity index (χ0v) is 13.0. The minimum absolute atomic E-state index is 0.252. The zero-order valence-electron chi connectivity index (χ0n) is 13.0. The molecule has 0 amide bonds. The Labute approximate surface area is 139 Å². The summed E-state index contributed by atoms with van der Waals surface area (Å²) in [5, 5.41) is 3.29. The molecule has 4 heteroatoms. The average Bonchev–Trinajstić information content (AvgIpc) is 2.95. The molecule has 0 aliphatic carbocycles. The van der Waals surface area contributed by atoms with Crippen LogP contribution in [0.4, 0.5) is 16.0 Å². The third kappa shape index (κ3) is 2.86. The van der Waals surface area contributed by atoms with Gasteiger partial charge in [-0.2, -0.15) is 0 Å². The first-order valence-corrected chi connectivity index (χ1v) is 7.81. The SMILES string of the molecule is Fc1ccc(Nc2nc3ccccc3n2Cc2ccccc2)cc1. The van der Waals surface area contributed by atoms with E-state index < -0.39 is 0 Å². The molecular formula is C20H16FN3. The number of fused-ring (bicyclic) bond motifs is 1. The lowest BCUT2D eigenvalue weighted by Gasteiger charge is -2.11. The molecule has 4 rings (SSSR count). The largest absolute Gasteiger partial charge is 0.326 e. The van der Waals surface area contributed by atoms with Crippen molar-refractivity contribution in [3.63, 3.8) is 0 Å². The number of benzene rings is 3. The van der Waals surface area contributed by atoms with Crippen LogP contribution >= 0.6 is 0 Å². The fourth-order valence-corrected chi connectivity index (χ4v) is 2.76. The number of hydrogen-bond donors (Lipinski definition) is 1. The monoisotopic (exact) mass is 317 g/mol. The molecule has 0 aliphatic heterocycles. The summed E-state index contributed by atoms with van der Waals surface area (Å²) >= 11 is 0. The molecule has 4 aromatic rings. The molecule has 0 bridgehead atoms. The van der Waals surface area contributed by atoms with Gasteiger partial charge >= 0.3 is 0 Å². The molecule has 0 aliphatic rings. The van der Waals surface area contributed by atoms with Crippen molar-refractivity contribution < 1.29 is 4.39 Å². The Morgan fingerprint density at radius 3 is 2.33 bits per heavy atom. The van der Waals surface area contributed by atoms with Crippen LogP contribution in [-0.2, 0) is 6.54 Å². The summed E-state index contributed by atoms with van der Waals surface area (Å²) in [5.41, 5.74) is 3.99. The lowest BCUT2D eigenvalue weighted by Crippen LogP contribution is -2.05. The number of imidazole rings is 1. The van der Waals surface area contributed by atoms with Crippen LogP contribution in [0, 0.1) is 5.82 Å². The normalized spacial score (nSPS) is 10.9. The molecule has 1 heterocycles. The summed E-state index contributed by atoms with van der Waals surface area (Å²) in [7, 11) is 0. The summed E-state index contributed by atoms with van der Waals surface area (Å²) in [6.07, 6.45) is 0. The molecule has 24 heavy (non-hydrogen) atoms. The Morgan fingerprint density at radius 1 is 0.833 bits per heavy atom. The molecule has 1 N–H and O–H groups in total. The molecule has 0 atom stereocenters. The Balaban J connectivity index is 1.76. The number of rotatable bonds is 4. The molecule has 0 unspecified atom stereocenters. The van der Waals surface area contributed by atoms with Crippen molar-refractivity contribution >= 4 is 22.7 Å². The van der Waals surface area contributed by atoms with Gasteiger partial charge in [-0.15, -0.1) is 0 Å². The smallest absolute Gasteiger partial charge is 0.208 e. The van der Waals surface area contributed by atoms with E-state index in [9.17, 15) is 4.39 Å². The minimum Gasteiger partial charge on any atom is -0.326 e. The van der Waals surface area contributed by atoms with Gasteiger partial charge in [-0.05, 0) is 42.0 Å². The lowest BCUT2D eigenvalue weighted by molar-refractivity contribution is 0.628. The summed E-state index contributed by atoms with van der Waals surface area (Å²) in [6.45, 7) is 0.713. The summed E-state index contributed by atoms with van der Waals surface area (Å²) < 4.78 is 15.2. The van der Waals surface area contributed by atoms with E-state index in [1.807, 2.05) is 36.4 Å². The van der Waals surface area contributed by atoms with E-state index in [2.05, 4.69) is 33.1 Å². The van der Waals surface area contributed by atoms with Crippen molar-refractivity contribution in [1.29, 1.82) is 0 Å². The predicted molar refractivity (Wildman–Crippen MR) is 95.0 cm³/mol. The van der Waals surface area contributed by atoms with Gasteiger partial charge in [-0.1, -0.05) is 42.5 Å². The molecule has 0 fully saturated rings. The molecular weight excluding hydrogens is 301 g/mol. The Kier molecular flexibility index (Phi) is 3.71. The van der Waals surface area contributed by atoms with Crippen LogP contribution in [-0.4, -0.2) is 9.55 Å². The summed E-state index contributed by atoms with van der Waals surface area (Å²) in [6, 6.07) is 24.6. The van der Waals surface area contributed by atoms with Crippen molar-refractivity contribution in [2.75, 3.05) is 5.32 Å². The molecule has 0 spiro atoms. The van der Waals surface area contributed by atoms with E-state index in [0.717, 1.165) is 22.7 Å². The molecule has 3 nitrogen and oxygen atoms in total. The van der Waals surface area contributed by atoms with Crippen molar-refractivity contribution in [3.8, 4) is 0 Å². The van der Waals surface area contributed by atoms with Gasteiger partial charge in [0.2, 0.25) is 5.95 Å². The number of nitrogens with zero attached hydrogens (tertiary/aromatic N) is 2. The second-order valence-electron chi connectivity index (χ2n) is 5.63. The third-order valence-corrected chi connectivity index (χ3v) is 3.94. The first-order chi connectivity index (χ1) is 11.8. The Hall–Kier alpha value is -3.14. The van der Waals surface area contributed by atoms with E-state index in [1.54, 1.807) is 12.1 Å². The van der Waals surface area contributed by atoms with Crippen molar-refractivity contribution in [3.05, 3.63) is 90.2 Å². The highest BCUT2D eigenvalue weighted by molar-refractivity contribution is 5.79. The van der Waals surface area contributed by atoms with Crippen LogP contribution in [0.3, 0.4) is 0 Å². The maximum Gasteiger partial charge on any atom is 0.208 e. The maximum atomic E-state index is 13.1. The fraction of sp³-hybridized carbons (Fsp3) is 0.0500. The second kappa shape index (κ2) is 6.16. The molecule has 3 aromatic carbocycles. The van der Waals surface area contributed by atoms with Gasteiger partial charge in [0.15, 0.2) is 0 Å². The summed E-state index contributed by atoms with van der Waals surface area (Å²) in [4.78, 5) is 4.68. The highest BCUT2D eigenvalue weighted by atomic mass is 19.1. The third-order valence-electron chi connectivity index (χ3n) is 3.94. The lowest BCUT2D eigenvalue weighted by atomic mass is 10.2. The van der Waals surface area contributed by atoms with Gasteiger partial charge in [0.25, 0.3) is 0 Å². The van der Waals surface area contributed by atoms with Gasteiger partial charge in [-0.3, -0.25) is 0 Å². The zero-order chi connectivity index (χ0) is 16.4. The van der Waals surface area contributed by atoms with E-state index in [-0.39, 0.29) is 5.82 Å². The van der Waals surface area contributed by atoms with E-state index in [4.69, 9.17) is 0 Å². The molecule has 0 saturated heterocycles. The first kappa shape index (κ1) is 14.5. The fourth-order valence-electron chi connectivity index (χ4n) is 2.76. The molecule has 118 valence electrons. The highest BCUT2D eigenvalue weighted by Crippen LogP contribution is 2.24. The average molecular weight is 317 g/mol. The number of anilines is 2. The molecule has 1 aromatic heterocycles. The van der Waals surface area contributed by atoms with Gasteiger partial charge in [0.1, 0.15) is 5.82 Å². The van der Waals surface area contributed by atoms with Crippen LogP contribution in [0.2, 0.25) is 0 Å². The van der Waals surface area contributed by atoms with Crippen LogP contribution in [0.15, 0.2) is 78.9 Å². The number of nitrogens with one attached hydrogen (secondary N) is 1. The first-order valence-electron chi connectivity index (χ1n) is 7.81. The van der Waals surface area contributed by atoms with Crippen LogP contribution in [0.25, 0.3) is 11.0 Å². The van der Waals surface area contributed by atoms with E-state index in [1.165, 1.54) is 17.7 Å². The van der Waals surface area contributed by atoms with Gasteiger partial charge in [0, 0.05) is 5.69 Å². The van der Waals surface area contributed by atoms with Gasteiger partial charge < -0.3 is 9.88 Å². The van der Waals surface area contributed by atoms with Crippen LogP contribution in [0.1, 0.15) is 5.56 Å². The number of halogens is 1. The molecule has 0 saturated carbocycles. The highest BCUT2D eigenvalue weighted by Gasteiger charge is 2.11. The second-order valence-corrected chi connectivity index (χ2v) is 5.63. The Morgan fingerprint density at radius 2 is 1.54 bits per heavy atom. The topological polar surface area (TPSA) is 29.9 Å². The van der Waals surface area contributed by atoms with E-state index in [0.29, 0.717) is 6.54 Å². The maximum absolute atomic E-state index is 13.1. The Bertz CT molecular complexity index is 959. The van der Waals surface area contributed by atoms with Crippen LogP contribution in [0.5, 0.6) is 0 Å². The standard InChI is InChI=1S/C20H16FN3/c21-16-10-12-17(13-11-16)22-20-23-18-8-4-5-9-19(18)24(20)14-15-6-2-1-3-7-15/h1-13H,14H2,(H,22,23). The van der Waals surface area contributed by atoms with Gasteiger partial charge in [-0.25, -0.2) is 9.37 Å².